The van der Waals surface area contributed by atoms with Crippen LogP contribution in [-0.2, 0) is 6.42 Å². The number of nitrogens with two attached hydrogens (primary N) is 1. The zero-order valence-electron chi connectivity index (χ0n) is 28.6. The van der Waals surface area contributed by atoms with Gasteiger partial charge in [-0.25, -0.2) is 0 Å². The first-order chi connectivity index (χ1) is 25.3. The molecule has 0 saturated heterocycles. The molecule has 2 aromatic heterocycles. The third kappa shape index (κ3) is 13.2. The van der Waals surface area contributed by atoms with Gasteiger partial charge in [-0.3, -0.25) is 4.90 Å². The molecule has 4 aromatic rings. The van der Waals surface area contributed by atoms with Crippen molar-refractivity contribution in [3.05, 3.63) is 54.1 Å². The van der Waals surface area contributed by atoms with Crippen molar-refractivity contribution in [2.45, 2.75) is 18.5 Å². The average Bonchev–Trinajstić information content (AvgIpc) is 3.13. The molecule has 0 radical (unpaired) electrons. The van der Waals surface area contributed by atoms with Crippen LogP contribution in [0.15, 0.2) is 48.5 Å². The highest BCUT2D eigenvalue weighted by atomic mass is 16.3. The van der Waals surface area contributed by atoms with E-state index in [-0.39, 0.29) is 75.3 Å². The van der Waals surface area contributed by atoms with Crippen LogP contribution in [0.4, 0.5) is 52.8 Å². The lowest BCUT2D eigenvalue weighted by Crippen LogP contribution is -2.34. The summed E-state index contributed by atoms with van der Waals surface area (Å²) in [6.45, 7) is 0.871. The third-order valence-electron chi connectivity index (χ3n) is 7.41. The first-order valence-electron chi connectivity index (χ1n) is 16.7. The lowest BCUT2D eigenvalue weighted by atomic mass is 10.1. The zero-order chi connectivity index (χ0) is 37.1. The second-order valence-corrected chi connectivity index (χ2v) is 11.5. The van der Waals surface area contributed by atoms with Gasteiger partial charge in [-0.15, -0.1) is 0 Å². The molecule has 14 N–H and O–H groups in total. The summed E-state index contributed by atoms with van der Waals surface area (Å²) in [6.07, 6.45) is 0.615. The van der Waals surface area contributed by atoms with E-state index >= 15 is 0 Å². The van der Waals surface area contributed by atoms with Crippen LogP contribution in [0.1, 0.15) is 5.56 Å². The standard InChI is InChI=1S/C32H48N14O6/c33-22-2-1-3-24(16-22)37-30-40-27(41-31(45-30)38-25(17-49)18-50)34-9-8-21-4-6-23(7-5-21)36-29-42-28(35-10-11-46(12-14-47)13-15-48)43-32(44-29)39-26(19-51)20-52/h1-7,16,25-26,47-52H,8-15,17-20,33H2,(H3,34,37,38,40,41,45)(H3,35,36,39,42,43,44). The van der Waals surface area contributed by atoms with Crippen molar-refractivity contribution >= 4 is 52.8 Å². The summed E-state index contributed by atoms with van der Waals surface area (Å²) in [7, 11) is 0. The molecule has 0 aliphatic carbocycles. The van der Waals surface area contributed by atoms with Crippen LogP contribution in [0.25, 0.3) is 0 Å². The molecule has 0 atom stereocenters. The van der Waals surface area contributed by atoms with E-state index in [1.165, 1.54) is 0 Å². The van der Waals surface area contributed by atoms with Crippen LogP contribution in [0.3, 0.4) is 0 Å². The molecule has 0 saturated carbocycles. The van der Waals surface area contributed by atoms with Crippen molar-refractivity contribution < 1.29 is 30.6 Å². The molecule has 0 fully saturated rings. The Labute approximate surface area is 300 Å². The number of nitrogen functional groups attached to an aromatic ring is 1. The van der Waals surface area contributed by atoms with Crippen molar-refractivity contribution in [1.82, 2.24) is 34.8 Å². The summed E-state index contributed by atoms with van der Waals surface area (Å²) >= 11 is 0. The predicted molar refractivity (Wildman–Crippen MR) is 198 cm³/mol. The minimum Gasteiger partial charge on any atom is -0.399 e. The number of aliphatic hydroxyl groups excluding tert-OH is 6. The monoisotopic (exact) mass is 724 g/mol. The van der Waals surface area contributed by atoms with Crippen molar-refractivity contribution in [2.75, 3.05) is 110 Å². The summed E-state index contributed by atoms with van der Waals surface area (Å²) in [5.41, 5.74) is 8.85. The Morgan fingerprint density at radius 2 is 1.06 bits per heavy atom. The number of nitrogens with one attached hydrogen (secondary N) is 6. The van der Waals surface area contributed by atoms with E-state index in [1.807, 2.05) is 35.2 Å². The summed E-state index contributed by atoms with van der Waals surface area (Å²) in [6, 6.07) is 13.4. The smallest absolute Gasteiger partial charge is 0.233 e. The minimum absolute atomic E-state index is 0.0342. The number of aromatic nitrogens is 6. The molecule has 0 aliphatic heterocycles. The van der Waals surface area contributed by atoms with Gasteiger partial charge >= 0.3 is 0 Å². The minimum atomic E-state index is -0.676. The lowest BCUT2D eigenvalue weighted by Gasteiger charge is -2.20. The zero-order valence-corrected chi connectivity index (χ0v) is 28.6. The van der Waals surface area contributed by atoms with Crippen LogP contribution in [0, 0.1) is 0 Å². The van der Waals surface area contributed by atoms with Crippen molar-refractivity contribution in [2.24, 2.45) is 0 Å². The molecule has 0 amide bonds. The molecule has 52 heavy (non-hydrogen) atoms. The van der Waals surface area contributed by atoms with E-state index in [1.54, 1.807) is 18.2 Å². The molecular formula is C32H48N14O6. The summed E-state index contributed by atoms with van der Waals surface area (Å²) in [5.74, 6) is 1.29. The van der Waals surface area contributed by atoms with Crippen LogP contribution in [-0.4, -0.2) is 150 Å². The quantitative estimate of drug-likeness (QED) is 0.0386. The van der Waals surface area contributed by atoms with Gasteiger partial charge in [0.25, 0.3) is 0 Å². The average molecular weight is 725 g/mol. The van der Waals surface area contributed by atoms with E-state index < -0.39 is 12.1 Å². The molecule has 2 heterocycles. The van der Waals surface area contributed by atoms with Crippen molar-refractivity contribution in [3.63, 3.8) is 0 Å². The number of rotatable bonds is 24. The molecule has 0 spiro atoms. The number of anilines is 9. The number of hydrogen-bond donors (Lipinski definition) is 13. The van der Waals surface area contributed by atoms with Crippen LogP contribution in [0.2, 0.25) is 0 Å². The van der Waals surface area contributed by atoms with Crippen molar-refractivity contribution in [3.8, 4) is 0 Å². The van der Waals surface area contributed by atoms with Crippen molar-refractivity contribution in [1.29, 1.82) is 0 Å². The van der Waals surface area contributed by atoms with Gasteiger partial charge in [-0.05, 0) is 42.3 Å². The number of nitrogens with zero attached hydrogens (tertiary/aromatic N) is 7. The summed E-state index contributed by atoms with van der Waals surface area (Å²) in [4.78, 5) is 28.3. The highest BCUT2D eigenvalue weighted by Crippen LogP contribution is 2.20. The summed E-state index contributed by atoms with van der Waals surface area (Å²) < 4.78 is 0. The molecule has 2 aromatic carbocycles. The molecular weight excluding hydrogens is 676 g/mol. The lowest BCUT2D eigenvalue weighted by molar-refractivity contribution is 0.165. The molecule has 20 heteroatoms. The Morgan fingerprint density at radius 3 is 1.58 bits per heavy atom. The second kappa shape index (κ2) is 21.2. The largest absolute Gasteiger partial charge is 0.399 e. The maximum absolute atomic E-state index is 9.54. The van der Waals surface area contributed by atoms with E-state index in [9.17, 15) is 30.6 Å². The fourth-order valence-electron chi connectivity index (χ4n) is 4.71. The van der Waals surface area contributed by atoms with E-state index in [4.69, 9.17) is 5.73 Å². The van der Waals surface area contributed by atoms with Gasteiger partial charge in [-0.1, -0.05) is 18.2 Å². The Kier molecular flexibility index (Phi) is 16.1. The first-order valence-corrected chi connectivity index (χ1v) is 16.7. The number of aliphatic hydroxyl groups is 6. The van der Waals surface area contributed by atoms with Gasteiger partial charge in [0.2, 0.25) is 35.7 Å². The van der Waals surface area contributed by atoms with Gasteiger partial charge in [0.15, 0.2) is 0 Å². The first kappa shape index (κ1) is 39.6. The topological polar surface area (TPSA) is 300 Å². The van der Waals surface area contributed by atoms with E-state index in [0.717, 1.165) is 5.56 Å². The molecule has 0 unspecified atom stereocenters. The normalized spacial score (nSPS) is 11.2. The molecule has 282 valence electrons. The number of hydrogen-bond acceptors (Lipinski definition) is 20. The second-order valence-electron chi connectivity index (χ2n) is 11.5. The molecule has 0 aliphatic rings. The molecule has 0 bridgehead atoms. The van der Waals surface area contributed by atoms with Gasteiger partial charge in [0.1, 0.15) is 0 Å². The SMILES string of the molecule is Nc1cccc(Nc2nc(NCCc3ccc(Nc4nc(NCCN(CCO)CCO)nc(NC(CO)CO)n4)cc3)nc(NC(CO)CO)n2)c1. The van der Waals surface area contributed by atoms with Crippen LogP contribution < -0.4 is 37.6 Å². The third-order valence-corrected chi connectivity index (χ3v) is 7.41. The van der Waals surface area contributed by atoms with Crippen LogP contribution >= 0.6 is 0 Å². The van der Waals surface area contributed by atoms with Gasteiger partial charge in [-0.2, -0.15) is 29.9 Å². The number of benzene rings is 2. The van der Waals surface area contributed by atoms with E-state index in [2.05, 4.69) is 61.8 Å². The highest BCUT2D eigenvalue weighted by Gasteiger charge is 2.14. The fourth-order valence-corrected chi connectivity index (χ4v) is 4.71. The Hall–Kier alpha value is -5.22. The van der Waals surface area contributed by atoms with Gasteiger partial charge in [0.05, 0.1) is 51.7 Å². The Balaban J connectivity index is 1.40. The summed E-state index contributed by atoms with van der Waals surface area (Å²) in [5, 5.41) is 75.0. The maximum Gasteiger partial charge on any atom is 0.233 e. The van der Waals surface area contributed by atoms with Gasteiger partial charge < -0.3 is 68.3 Å². The molecule has 4 rings (SSSR count). The molecule has 20 nitrogen and oxygen atoms in total. The van der Waals surface area contributed by atoms with Crippen LogP contribution in [0.5, 0.6) is 0 Å². The van der Waals surface area contributed by atoms with E-state index in [0.29, 0.717) is 56.2 Å². The highest BCUT2D eigenvalue weighted by molar-refractivity contribution is 5.61. The van der Waals surface area contributed by atoms with Gasteiger partial charge in [0, 0.05) is 49.8 Å². The fraction of sp³-hybridized carbons (Fsp3) is 0.438. The Morgan fingerprint density at radius 1 is 0.558 bits per heavy atom. The Bertz CT molecular complexity index is 1630. The maximum atomic E-state index is 9.54. The predicted octanol–water partition coefficient (Wildman–Crippen LogP) is -0.991.